The van der Waals surface area contributed by atoms with E-state index >= 15 is 0 Å². The second kappa shape index (κ2) is 14.8. The van der Waals surface area contributed by atoms with Gasteiger partial charge < -0.3 is 9.47 Å². The number of nitriles is 4. The number of fused-ring (bicyclic) bond motifs is 3. The summed E-state index contributed by atoms with van der Waals surface area (Å²) in [6, 6.07) is 63.3. The van der Waals surface area contributed by atoms with E-state index in [4.69, 9.17) is 9.97 Å². The number of anilines is 3. The van der Waals surface area contributed by atoms with Crippen molar-refractivity contribution in [2.75, 3.05) is 4.90 Å². The maximum atomic E-state index is 10.8. The average Bonchev–Trinajstić information content (AvgIpc) is 3.62. The molecule has 7 aromatic carbocycles. The van der Waals surface area contributed by atoms with E-state index in [0.29, 0.717) is 61.8 Å². The lowest BCUT2D eigenvalue weighted by Gasteiger charge is -2.25. The van der Waals surface area contributed by atoms with Crippen LogP contribution in [0.2, 0.25) is 0 Å². The molecule has 0 spiro atoms. The standard InChI is InChI=1S/C50H28N8/c51-29-33-11-9-13-35(23-33)45-28-46(56-50(55-45)36-14-10-12-34(24-36)30-52)43-25-38(32-54)49(26-37(43)31-53)58-47-20-8-7-19-42(47)44-27-41(21-22-48(44)58)57(39-15-3-1-4-16-39)40-17-5-2-6-18-40/h1-28H. The van der Waals surface area contributed by atoms with E-state index in [1.807, 2.05) is 71.3 Å². The summed E-state index contributed by atoms with van der Waals surface area (Å²) in [6.45, 7) is 0. The molecule has 2 heterocycles. The minimum absolute atomic E-state index is 0.308. The van der Waals surface area contributed by atoms with Gasteiger partial charge in [-0.1, -0.05) is 78.9 Å². The van der Waals surface area contributed by atoms with E-state index in [9.17, 15) is 21.0 Å². The Bertz CT molecular complexity index is 3110. The number of aromatic nitrogens is 3. The molecule has 58 heavy (non-hydrogen) atoms. The lowest BCUT2D eigenvalue weighted by Crippen LogP contribution is -2.09. The van der Waals surface area contributed by atoms with Crippen molar-refractivity contribution < 1.29 is 0 Å². The van der Waals surface area contributed by atoms with Crippen molar-refractivity contribution in [3.8, 4) is 63.9 Å². The fourth-order valence-corrected chi connectivity index (χ4v) is 7.47. The predicted octanol–water partition coefficient (Wildman–Crippen LogP) is 11.5. The van der Waals surface area contributed by atoms with Crippen LogP contribution in [0, 0.1) is 45.3 Å². The Labute approximate surface area is 334 Å². The molecular weight excluding hydrogens is 713 g/mol. The van der Waals surface area contributed by atoms with E-state index < -0.39 is 0 Å². The van der Waals surface area contributed by atoms with Gasteiger partial charge in [0.1, 0.15) is 6.07 Å². The molecular formula is C50H28N8. The first-order chi connectivity index (χ1) is 28.6. The zero-order chi connectivity index (χ0) is 39.6. The fraction of sp³-hybridized carbons (Fsp3) is 0. The number of para-hydroxylation sites is 3. The summed E-state index contributed by atoms with van der Waals surface area (Å²) in [4.78, 5) is 12.0. The summed E-state index contributed by atoms with van der Waals surface area (Å²) >= 11 is 0. The van der Waals surface area contributed by atoms with Crippen molar-refractivity contribution in [1.29, 1.82) is 21.0 Å². The van der Waals surface area contributed by atoms with Gasteiger partial charge in [0.2, 0.25) is 0 Å². The second-order valence-electron chi connectivity index (χ2n) is 13.5. The Hall–Kier alpha value is -8.82. The zero-order valence-corrected chi connectivity index (χ0v) is 30.7. The molecule has 0 aliphatic heterocycles. The van der Waals surface area contributed by atoms with Crippen molar-refractivity contribution in [1.82, 2.24) is 14.5 Å². The van der Waals surface area contributed by atoms with Gasteiger partial charge in [-0.15, -0.1) is 0 Å². The molecule has 0 radical (unpaired) electrons. The summed E-state index contributed by atoms with van der Waals surface area (Å²) in [5.74, 6) is 0.330. The van der Waals surface area contributed by atoms with E-state index in [1.54, 1.807) is 54.6 Å². The van der Waals surface area contributed by atoms with Gasteiger partial charge >= 0.3 is 0 Å². The smallest absolute Gasteiger partial charge is 0.160 e. The summed E-state index contributed by atoms with van der Waals surface area (Å²) in [5, 5.41) is 42.8. The van der Waals surface area contributed by atoms with Crippen molar-refractivity contribution in [2.24, 2.45) is 0 Å². The largest absolute Gasteiger partial charge is 0.310 e. The second-order valence-corrected chi connectivity index (χ2v) is 13.5. The molecule has 0 N–H and O–H groups in total. The van der Waals surface area contributed by atoms with Crippen LogP contribution in [0.1, 0.15) is 22.3 Å². The number of hydrogen-bond donors (Lipinski definition) is 0. The van der Waals surface area contributed by atoms with Crippen molar-refractivity contribution in [3.05, 3.63) is 192 Å². The van der Waals surface area contributed by atoms with Crippen LogP contribution >= 0.6 is 0 Å². The maximum Gasteiger partial charge on any atom is 0.160 e. The van der Waals surface area contributed by atoms with Gasteiger partial charge in [-0.3, -0.25) is 0 Å². The highest BCUT2D eigenvalue weighted by Gasteiger charge is 2.22. The molecule has 268 valence electrons. The molecule has 0 amide bonds. The third kappa shape index (κ3) is 6.22. The molecule has 0 bridgehead atoms. The number of benzene rings is 7. The number of hydrogen-bond acceptors (Lipinski definition) is 7. The van der Waals surface area contributed by atoms with Gasteiger partial charge in [-0.2, -0.15) is 21.0 Å². The first-order valence-electron chi connectivity index (χ1n) is 18.4. The first-order valence-corrected chi connectivity index (χ1v) is 18.4. The molecule has 8 nitrogen and oxygen atoms in total. The van der Waals surface area contributed by atoms with E-state index in [-0.39, 0.29) is 0 Å². The summed E-state index contributed by atoms with van der Waals surface area (Å²) in [7, 11) is 0. The van der Waals surface area contributed by atoms with Crippen LogP contribution in [0.4, 0.5) is 17.1 Å². The van der Waals surface area contributed by atoms with Gasteiger partial charge in [-0.05, 0) is 91.0 Å². The minimum atomic E-state index is 0.308. The molecule has 9 rings (SSSR count). The Morgan fingerprint density at radius 1 is 0.431 bits per heavy atom. The van der Waals surface area contributed by atoms with Gasteiger partial charge in [0.15, 0.2) is 5.82 Å². The lowest BCUT2D eigenvalue weighted by molar-refractivity contribution is 1.15. The molecule has 0 fully saturated rings. The first kappa shape index (κ1) is 34.9. The Balaban J connectivity index is 1.24. The van der Waals surface area contributed by atoms with Gasteiger partial charge in [0.25, 0.3) is 0 Å². The van der Waals surface area contributed by atoms with Crippen molar-refractivity contribution in [2.45, 2.75) is 0 Å². The molecule has 9 aromatic rings. The van der Waals surface area contributed by atoms with Crippen LogP contribution in [0.15, 0.2) is 170 Å². The lowest BCUT2D eigenvalue weighted by atomic mass is 9.98. The molecule has 0 saturated carbocycles. The average molecular weight is 741 g/mol. The van der Waals surface area contributed by atoms with Crippen LogP contribution in [0.5, 0.6) is 0 Å². The number of nitrogens with zero attached hydrogens (tertiary/aromatic N) is 8. The highest BCUT2D eigenvalue weighted by Crippen LogP contribution is 2.41. The third-order valence-electron chi connectivity index (χ3n) is 10.1. The van der Waals surface area contributed by atoms with E-state index in [1.165, 1.54) is 0 Å². The Kier molecular flexibility index (Phi) is 8.90. The summed E-state index contributed by atoms with van der Waals surface area (Å²) in [6.07, 6.45) is 0. The van der Waals surface area contributed by atoms with Crippen molar-refractivity contribution >= 4 is 38.9 Å². The zero-order valence-electron chi connectivity index (χ0n) is 30.7. The molecule has 2 aromatic heterocycles. The van der Waals surface area contributed by atoms with E-state index in [0.717, 1.165) is 38.9 Å². The molecule has 8 heteroatoms. The van der Waals surface area contributed by atoms with Crippen LogP contribution in [-0.2, 0) is 0 Å². The quantitative estimate of drug-likeness (QED) is 0.159. The van der Waals surface area contributed by atoms with Gasteiger partial charge in [0, 0.05) is 44.5 Å². The summed E-state index contributed by atoms with van der Waals surface area (Å²) < 4.78 is 2.05. The molecule has 0 aliphatic carbocycles. The fourth-order valence-electron chi connectivity index (χ4n) is 7.47. The van der Waals surface area contributed by atoms with Crippen LogP contribution in [0.3, 0.4) is 0 Å². The monoisotopic (exact) mass is 740 g/mol. The van der Waals surface area contributed by atoms with Crippen LogP contribution in [-0.4, -0.2) is 14.5 Å². The van der Waals surface area contributed by atoms with Crippen LogP contribution in [0.25, 0.3) is 61.4 Å². The van der Waals surface area contributed by atoms with Crippen molar-refractivity contribution in [3.63, 3.8) is 0 Å². The SMILES string of the molecule is N#Cc1cccc(-c2cc(-c3cc(C#N)c(-n4c5ccccc5c5cc(N(c6ccccc6)c6ccccc6)ccc54)cc3C#N)nc(-c3cccc(C#N)c3)n2)c1. The third-order valence-corrected chi connectivity index (χ3v) is 10.1. The highest BCUT2D eigenvalue weighted by molar-refractivity contribution is 6.11. The molecule has 0 atom stereocenters. The molecule has 0 saturated heterocycles. The Morgan fingerprint density at radius 3 is 1.71 bits per heavy atom. The molecule has 0 aliphatic rings. The van der Waals surface area contributed by atoms with Gasteiger partial charge in [0.05, 0.1) is 68.6 Å². The number of rotatable bonds is 7. The van der Waals surface area contributed by atoms with E-state index in [2.05, 4.69) is 77.7 Å². The highest BCUT2D eigenvalue weighted by atomic mass is 15.1. The van der Waals surface area contributed by atoms with Gasteiger partial charge in [-0.25, -0.2) is 9.97 Å². The normalized spacial score (nSPS) is 10.7. The minimum Gasteiger partial charge on any atom is -0.310 e. The van der Waals surface area contributed by atoms with Crippen LogP contribution < -0.4 is 4.90 Å². The topological polar surface area (TPSA) is 129 Å². The maximum absolute atomic E-state index is 10.8. The molecule has 0 unspecified atom stereocenters. The summed E-state index contributed by atoms with van der Waals surface area (Å²) in [5.41, 5.74) is 9.55. The predicted molar refractivity (Wildman–Crippen MR) is 226 cm³/mol. The Morgan fingerprint density at radius 2 is 1.03 bits per heavy atom.